The second kappa shape index (κ2) is 11.8. The van der Waals surface area contributed by atoms with Crippen LogP contribution in [0.2, 0.25) is 5.02 Å². The summed E-state index contributed by atoms with van der Waals surface area (Å²) in [4.78, 5) is 51.3. The van der Waals surface area contributed by atoms with Crippen LogP contribution in [0.1, 0.15) is 48.8 Å². The summed E-state index contributed by atoms with van der Waals surface area (Å²) in [5, 5.41) is 13.7. The van der Waals surface area contributed by atoms with Crippen LogP contribution in [-0.2, 0) is 17.7 Å². The van der Waals surface area contributed by atoms with E-state index in [4.69, 9.17) is 27.1 Å². The third-order valence-corrected chi connectivity index (χ3v) is 10.6. The van der Waals surface area contributed by atoms with Crippen LogP contribution >= 0.6 is 23.4 Å². The highest BCUT2D eigenvalue weighted by Gasteiger charge is 2.47. The number of nitrogens with one attached hydrogen (secondary N) is 1. The highest BCUT2D eigenvalue weighted by molar-refractivity contribution is 7.99. The molecule has 0 unspecified atom stereocenters. The molecule has 3 aromatic heterocycles. The minimum Gasteiger partial charge on any atom is -0.493 e. The van der Waals surface area contributed by atoms with E-state index in [9.17, 15) is 14.7 Å². The van der Waals surface area contributed by atoms with Gasteiger partial charge >= 0.3 is 0 Å². The van der Waals surface area contributed by atoms with Gasteiger partial charge in [-0.1, -0.05) is 17.7 Å². The smallest absolute Gasteiger partial charge is 0.270 e. The van der Waals surface area contributed by atoms with E-state index < -0.39 is 22.9 Å². The molecule has 0 aliphatic carbocycles. The Kier molecular flexibility index (Phi) is 7.84. The molecule has 0 saturated carbocycles. The molecule has 2 atom stereocenters. The number of ether oxygens (including phenoxy) is 1. The van der Waals surface area contributed by atoms with Crippen LogP contribution in [0.3, 0.4) is 0 Å². The number of amides is 1. The van der Waals surface area contributed by atoms with E-state index >= 15 is 0 Å². The molecule has 3 aliphatic heterocycles. The fourth-order valence-corrected chi connectivity index (χ4v) is 7.45. The van der Waals surface area contributed by atoms with Crippen LogP contribution < -0.4 is 21.5 Å². The fourth-order valence-electron chi connectivity index (χ4n) is 6.38. The van der Waals surface area contributed by atoms with E-state index in [1.54, 1.807) is 30.6 Å². The molecule has 1 spiro atoms. The number of anilines is 2. The lowest BCUT2D eigenvalue weighted by molar-refractivity contribution is 0.0974. The predicted octanol–water partition coefficient (Wildman–Crippen LogP) is 3.41. The maximum absolute atomic E-state index is 13.1. The second-order valence-corrected chi connectivity index (χ2v) is 13.2. The number of hydrogen-bond acceptors (Lipinski definition) is 12. The third kappa shape index (κ3) is 5.49. The zero-order chi connectivity index (χ0) is 31.3. The number of hydrogen-bond donors (Lipinski definition) is 3. The molecule has 1 amide bonds. The first kappa shape index (κ1) is 29.8. The number of piperidine rings is 1. The largest absolute Gasteiger partial charge is 0.493 e. The molecule has 0 bridgehead atoms. The molecule has 15 heteroatoms. The zero-order valence-corrected chi connectivity index (χ0v) is 26.1. The maximum atomic E-state index is 13.1. The van der Waals surface area contributed by atoms with Crippen LogP contribution in [0.5, 0.6) is 5.88 Å². The summed E-state index contributed by atoms with van der Waals surface area (Å²) in [5.41, 5.74) is 6.79. The number of halogens is 1. The maximum Gasteiger partial charge on any atom is 0.270 e. The van der Waals surface area contributed by atoms with E-state index in [2.05, 4.69) is 30.2 Å². The van der Waals surface area contributed by atoms with Gasteiger partial charge in [-0.2, -0.15) is 4.98 Å². The molecule has 234 valence electrons. The van der Waals surface area contributed by atoms with E-state index in [1.165, 1.54) is 16.3 Å². The lowest BCUT2D eigenvalue weighted by Crippen LogP contribution is -2.50. The van der Waals surface area contributed by atoms with Crippen LogP contribution in [0, 0.1) is 5.41 Å². The quantitative estimate of drug-likeness (QED) is 0.269. The van der Waals surface area contributed by atoms with Crippen LogP contribution in [0.15, 0.2) is 45.4 Å². The van der Waals surface area contributed by atoms with E-state index in [0.29, 0.717) is 46.6 Å². The summed E-state index contributed by atoms with van der Waals surface area (Å²) < 4.78 is 7.29. The summed E-state index contributed by atoms with van der Waals surface area (Å²) in [5.74, 6) is -0.131. The number of carbonyl (C=O) groups excluding carboxylic acids is 1. The van der Waals surface area contributed by atoms with Gasteiger partial charge in [0.1, 0.15) is 17.2 Å². The average Bonchev–Trinajstić information content (AvgIpc) is 3.31. The molecule has 13 nitrogen and oxygen atoms in total. The van der Waals surface area contributed by atoms with Crippen molar-refractivity contribution in [2.24, 2.45) is 11.1 Å². The number of benzene rings is 1. The molecular weight excluding hydrogens is 618 g/mol. The first-order chi connectivity index (χ1) is 21.7. The first-order valence-electron chi connectivity index (χ1n) is 14.9. The molecule has 1 aromatic carbocycles. The Bertz CT molecular complexity index is 1860. The number of fused-ring (bicyclic) bond motifs is 2. The summed E-state index contributed by atoms with van der Waals surface area (Å²) in [6.07, 6.45) is 7.56. The van der Waals surface area contributed by atoms with Crippen molar-refractivity contribution in [3.8, 4) is 5.88 Å². The lowest BCUT2D eigenvalue weighted by Gasteiger charge is -2.41. The van der Waals surface area contributed by atoms with E-state index in [0.717, 1.165) is 44.6 Å². The van der Waals surface area contributed by atoms with E-state index in [-0.39, 0.29) is 28.3 Å². The average molecular weight is 650 g/mol. The van der Waals surface area contributed by atoms with Crippen molar-refractivity contribution in [1.29, 1.82) is 0 Å². The monoisotopic (exact) mass is 649 g/mol. The van der Waals surface area contributed by atoms with Gasteiger partial charge in [-0.3, -0.25) is 14.2 Å². The Morgan fingerprint density at radius 1 is 1.16 bits per heavy atom. The van der Waals surface area contributed by atoms with Crippen molar-refractivity contribution in [2.45, 2.75) is 67.8 Å². The zero-order valence-electron chi connectivity index (χ0n) is 24.6. The Morgan fingerprint density at radius 3 is 2.76 bits per heavy atom. The van der Waals surface area contributed by atoms with Crippen molar-refractivity contribution >= 4 is 51.9 Å². The summed E-state index contributed by atoms with van der Waals surface area (Å²) >= 11 is 7.87. The molecule has 2 fully saturated rings. The molecular formula is C30H32ClN9O4S. The molecule has 6 heterocycles. The van der Waals surface area contributed by atoms with Gasteiger partial charge in [0.25, 0.3) is 11.5 Å². The van der Waals surface area contributed by atoms with Crippen LogP contribution in [0.4, 0.5) is 11.5 Å². The fraction of sp³-hybridized carbons (Fsp3) is 0.433. The Hall–Kier alpha value is -3.85. The number of nitrogens with zero attached hydrogens (tertiary/aromatic N) is 7. The summed E-state index contributed by atoms with van der Waals surface area (Å²) in [7, 11) is 0. The molecule has 4 N–H and O–H groups in total. The normalized spacial score (nSPS) is 20.8. The number of nitrogens with two attached hydrogens (primary N) is 1. The topological polar surface area (TPSA) is 174 Å². The van der Waals surface area contributed by atoms with Crippen LogP contribution in [0.25, 0.3) is 11.2 Å². The van der Waals surface area contributed by atoms with Gasteiger partial charge in [-0.05, 0) is 56.5 Å². The molecule has 7 rings (SSSR count). The van der Waals surface area contributed by atoms with Gasteiger partial charge in [0.2, 0.25) is 5.88 Å². The first-order valence-corrected chi connectivity index (χ1v) is 16.1. The molecule has 4 aromatic rings. The van der Waals surface area contributed by atoms with Crippen molar-refractivity contribution in [1.82, 2.24) is 29.5 Å². The van der Waals surface area contributed by atoms with Crippen molar-refractivity contribution in [2.75, 3.05) is 29.9 Å². The molecule has 3 aliphatic rings. The summed E-state index contributed by atoms with van der Waals surface area (Å²) in [6, 6.07) is 5.13. The van der Waals surface area contributed by atoms with Crippen molar-refractivity contribution in [3.63, 3.8) is 0 Å². The Balaban J connectivity index is 1.05. The molecule has 2 saturated heterocycles. The highest BCUT2D eigenvalue weighted by atomic mass is 35.5. The van der Waals surface area contributed by atoms with Crippen LogP contribution in [-0.4, -0.2) is 72.3 Å². The lowest BCUT2D eigenvalue weighted by atomic mass is 9.73. The predicted molar refractivity (Wildman–Crippen MR) is 169 cm³/mol. The van der Waals surface area contributed by atoms with Crippen molar-refractivity contribution in [3.05, 3.63) is 57.4 Å². The standard InChI is InChI=1S/C30H32ClN9O4S/c1-16-24(32)30(15-44-16)8-11-39(12-9-30)21-14-33-25-18(35-21)13-34-29(38-25)45-19-6-4-5-17(23(19)31)36-26(41)22-27(42)37-20-7-2-3-10-40(20)28(22)43/h4-6,13-14,16,24,42H,2-3,7-12,15,32H2,1H3,(H,36,41)/t16-,24+/m0/s1. The van der Waals surface area contributed by atoms with Gasteiger partial charge in [-0.15, -0.1) is 0 Å². The summed E-state index contributed by atoms with van der Waals surface area (Å²) in [6.45, 7) is 4.84. The number of aryl methyl sites for hydroxylation is 1. The number of aromatic hydroxyl groups is 1. The van der Waals surface area contributed by atoms with Gasteiger partial charge in [0, 0.05) is 42.4 Å². The van der Waals surface area contributed by atoms with Gasteiger partial charge < -0.3 is 25.8 Å². The SMILES string of the molecule is C[C@@H]1OCC2(CCN(c3cnc4nc(Sc5cccc(NC(=O)c6c(O)nc7n(c6=O)CCCC7)c5Cl)ncc4n3)CC2)[C@@H]1N. The Labute approximate surface area is 267 Å². The Morgan fingerprint density at radius 2 is 1.98 bits per heavy atom. The van der Waals surface area contributed by atoms with Gasteiger partial charge in [0.15, 0.2) is 16.4 Å². The second-order valence-electron chi connectivity index (χ2n) is 11.8. The number of rotatable bonds is 5. The van der Waals surface area contributed by atoms with Gasteiger partial charge in [0.05, 0.1) is 35.8 Å². The minimum atomic E-state index is -0.791. The minimum absolute atomic E-state index is 0.0227. The highest BCUT2D eigenvalue weighted by Crippen LogP contribution is 2.42. The number of carbonyl (C=O) groups is 1. The molecule has 0 radical (unpaired) electrons. The number of aromatic nitrogens is 6. The van der Waals surface area contributed by atoms with Crippen molar-refractivity contribution < 1.29 is 14.6 Å². The van der Waals surface area contributed by atoms with Gasteiger partial charge in [-0.25, -0.2) is 19.9 Å². The van der Waals surface area contributed by atoms with E-state index in [1.807, 2.05) is 6.92 Å². The molecule has 45 heavy (non-hydrogen) atoms. The third-order valence-electron chi connectivity index (χ3n) is 9.10.